The van der Waals surface area contributed by atoms with Crippen LogP contribution in [0.4, 0.5) is 10.1 Å². The van der Waals surface area contributed by atoms with Crippen LogP contribution in [-0.4, -0.2) is 88.6 Å². The molecule has 5 N–H and O–H groups in total. The zero-order valence-electron chi connectivity index (χ0n) is 38.9. The molecular formula is C47H77FN6O6S. The van der Waals surface area contributed by atoms with Crippen molar-refractivity contribution >= 4 is 40.7 Å². The average Bonchev–Trinajstić information content (AvgIpc) is 3.69. The number of aliphatic carboxylic acids is 1. The largest absolute Gasteiger partial charge is 0.481 e. The summed E-state index contributed by atoms with van der Waals surface area (Å²) in [4.78, 5) is 61.4. The number of rotatable bonds is 26. The predicted molar refractivity (Wildman–Crippen MR) is 243 cm³/mol. The van der Waals surface area contributed by atoms with Gasteiger partial charge in [-0.2, -0.15) is 0 Å². The highest BCUT2D eigenvalue weighted by Crippen LogP contribution is 2.32. The van der Waals surface area contributed by atoms with E-state index >= 15 is 4.39 Å². The number of carbonyl (C=O) groups is 4. The Labute approximate surface area is 369 Å². The van der Waals surface area contributed by atoms with Crippen LogP contribution in [0.25, 0.3) is 0 Å². The minimum absolute atomic E-state index is 0.0355. The van der Waals surface area contributed by atoms with Gasteiger partial charge in [0.05, 0.1) is 17.1 Å². The SMILES string of the molecule is CCCCCCN(C(=O)[C@@H](NC(=O)[C@H]1C[C@H](C)CCN1)[C@@H](C)CC)[C@H](C[C@@H](OCC)c1nc(C(=O)N[C@@H](Cc2ccc(NC(C)C)c(F)c2)CC(C)(C)C(=O)O)cs1)C(C)C. The Morgan fingerprint density at radius 2 is 1.79 bits per heavy atom. The molecule has 1 aliphatic rings. The van der Waals surface area contributed by atoms with E-state index in [0.717, 1.165) is 51.5 Å². The van der Waals surface area contributed by atoms with Gasteiger partial charge in [-0.3, -0.25) is 19.2 Å². The van der Waals surface area contributed by atoms with Gasteiger partial charge in [-0.1, -0.05) is 73.3 Å². The summed E-state index contributed by atoms with van der Waals surface area (Å²) in [5.41, 5.74) is -0.00455. The molecule has 14 heteroatoms. The van der Waals surface area contributed by atoms with E-state index in [1.807, 2.05) is 39.5 Å². The zero-order valence-corrected chi connectivity index (χ0v) is 39.7. The smallest absolute Gasteiger partial charge is 0.309 e. The standard InChI is InChI=1S/C47H77FN6O6S/c1-12-15-16-17-22-54(45(57)41(32(9)13-2)53-42(55)37-23-31(8)20-21-49-37)39(29(4)5)26-40(60-14-3)44-52-38(28-61-44)43(56)51-34(27-47(10,11)46(58)59)24-33-18-19-36(35(48)25-33)50-30(6)7/h18-19,25,28-32,34,37,39-41,49-50H,12-17,20-24,26-27H2,1-11H3,(H,51,56)(H,53,55)(H,58,59)/t31-,32+,34+,37-,39-,40-,41+/m1/s1. The van der Waals surface area contributed by atoms with Crippen molar-refractivity contribution in [2.45, 2.75) is 177 Å². The summed E-state index contributed by atoms with van der Waals surface area (Å²) in [7, 11) is 0. The van der Waals surface area contributed by atoms with Crippen LogP contribution >= 0.6 is 11.3 Å². The minimum atomic E-state index is -1.17. The topological polar surface area (TPSA) is 162 Å². The molecule has 7 atom stereocenters. The van der Waals surface area contributed by atoms with Gasteiger partial charge >= 0.3 is 5.97 Å². The lowest BCUT2D eigenvalue weighted by atomic mass is 9.84. The highest BCUT2D eigenvalue weighted by molar-refractivity contribution is 7.09. The fourth-order valence-corrected chi connectivity index (χ4v) is 8.93. The second kappa shape index (κ2) is 24.9. The van der Waals surface area contributed by atoms with Crippen molar-refractivity contribution in [3.8, 4) is 0 Å². The fourth-order valence-electron chi connectivity index (χ4n) is 8.07. The maximum Gasteiger partial charge on any atom is 0.309 e. The molecule has 1 aromatic heterocycles. The van der Waals surface area contributed by atoms with Crippen molar-refractivity contribution < 1.29 is 33.4 Å². The van der Waals surface area contributed by atoms with E-state index in [9.17, 15) is 24.3 Å². The molecular weight excluding hydrogens is 796 g/mol. The van der Waals surface area contributed by atoms with Crippen molar-refractivity contribution in [3.05, 3.63) is 45.7 Å². The number of aromatic nitrogens is 1. The third kappa shape index (κ3) is 15.9. The first-order chi connectivity index (χ1) is 28.8. The lowest BCUT2D eigenvalue weighted by Crippen LogP contribution is -2.59. The summed E-state index contributed by atoms with van der Waals surface area (Å²) in [5.74, 6) is -1.74. The number of anilines is 1. The van der Waals surface area contributed by atoms with E-state index in [0.29, 0.717) is 41.7 Å². The molecule has 0 spiro atoms. The number of hydrogen-bond acceptors (Lipinski definition) is 9. The van der Waals surface area contributed by atoms with Crippen molar-refractivity contribution in [2.75, 3.05) is 25.0 Å². The number of unbranched alkanes of at least 4 members (excludes halogenated alkanes) is 3. The highest BCUT2D eigenvalue weighted by atomic mass is 32.1. The maximum absolute atomic E-state index is 15.0. The summed E-state index contributed by atoms with van der Waals surface area (Å²) < 4.78 is 21.4. The number of benzene rings is 1. The fraction of sp³-hybridized carbons (Fsp3) is 0.723. The van der Waals surface area contributed by atoms with E-state index in [4.69, 9.17) is 9.72 Å². The predicted octanol–water partition coefficient (Wildman–Crippen LogP) is 8.76. The normalized spacial score (nSPS) is 18.3. The molecule has 61 heavy (non-hydrogen) atoms. The number of ether oxygens (including phenoxy) is 1. The summed E-state index contributed by atoms with van der Waals surface area (Å²) in [6.07, 6.45) is 6.64. The lowest BCUT2D eigenvalue weighted by Gasteiger charge is -2.40. The molecule has 1 fully saturated rings. The molecule has 1 aliphatic heterocycles. The number of thiazole rings is 1. The Kier molecular flexibility index (Phi) is 21.1. The maximum atomic E-state index is 15.0. The molecule has 12 nitrogen and oxygen atoms in total. The molecule has 0 bridgehead atoms. The first kappa shape index (κ1) is 51.7. The van der Waals surface area contributed by atoms with Crippen LogP contribution in [0, 0.1) is 29.0 Å². The van der Waals surface area contributed by atoms with Crippen LogP contribution in [0.2, 0.25) is 0 Å². The third-order valence-electron chi connectivity index (χ3n) is 11.9. The third-order valence-corrected chi connectivity index (χ3v) is 12.9. The van der Waals surface area contributed by atoms with Crippen molar-refractivity contribution in [3.63, 3.8) is 0 Å². The van der Waals surface area contributed by atoms with Gasteiger partial charge in [-0.25, -0.2) is 9.37 Å². The molecule has 0 unspecified atom stereocenters. The van der Waals surface area contributed by atoms with Crippen LogP contribution < -0.4 is 21.3 Å². The Hall–Kier alpha value is -3.62. The van der Waals surface area contributed by atoms with E-state index < -0.39 is 41.3 Å². The summed E-state index contributed by atoms with van der Waals surface area (Å²) >= 11 is 1.31. The molecule has 0 aliphatic carbocycles. The Bertz CT molecular complexity index is 1700. The second-order valence-electron chi connectivity index (χ2n) is 18.5. The number of carbonyl (C=O) groups excluding carboxylic acids is 3. The number of piperidine rings is 1. The Morgan fingerprint density at radius 1 is 1.07 bits per heavy atom. The van der Waals surface area contributed by atoms with Crippen LogP contribution in [0.15, 0.2) is 23.6 Å². The van der Waals surface area contributed by atoms with Crippen molar-refractivity contribution in [2.24, 2.45) is 23.2 Å². The molecule has 2 heterocycles. The molecule has 3 amide bonds. The lowest BCUT2D eigenvalue weighted by molar-refractivity contribution is -0.147. The van der Waals surface area contributed by atoms with Crippen LogP contribution in [0.1, 0.15) is 161 Å². The van der Waals surface area contributed by atoms with Gasteiger partial charge in [-0.05, 0) is 109 Å². The molecule has 2 aromatic rings. The van der Waals surface area contributed by atoms with Gasteiger partial charge in [0.2, 0.25) is 11.8 Å². The van der Waals surface area contributed by atoms with Gasteiger partial charge in [0.1, 0.15) is 28.7 Å². The molecule has 0 saturated carbocycles. The summed E-state index contributed by atoms with van der Waals surface area (Å²) in [6, 6.07) is 2.99. The first-order valence-electron chi connectivity index (χ1n) is 22.8. The van der Waals surface area contributed by atoms with Crippen molar-refractivity contribution in [1.29, 1.82) is 0 Å². The van der Waals surface area contributed by atoms with Gasteiger partial charge in [0.25, 0.3) is 5.91 Å². The van der Waals surface area contributed by atoms with Gasteiger partial charge < -0.3 is 36.0 Å². The van der Waals surface area contributed by atoms with E-state index in [-0.39, 0.29) is 60.3 Å². The van der Waals surface area contributed by atoms with E-state index in [1.165, 1.54) is 17.4 Å². The van der Waals surface area contributed by atoms with Crippen LogP contribution in [-0.2, 0) is 25.5 Å². The Balaban J connectivity index is 1.91. The number of hydrogen-bond donors (Lipinski definition) is 5. The quantitative estimate of drug-likeness (QED) is 0.0582. The van der Waals surface area contributed by atoms with E-state index in [1.54, 1.807) is 31.4 Å². The Morgan fingerprint density at radius 3 is 2.38 bits per heavy atom. The van der Waals surface area contributed by atoms with E-state index in [2.05, 4.69) is 49.0 Å². The number of nitrogens with zero attached hydrogens (tertiary/aromatic N) is 2. The molecule has 0 radical (unpaired) electrons. The first-order valence-corrected chi connectivity index (χ1v) is 23.7. The average molecular weight is 873 g/mol. The highest BCUT2D eigenvalue weighted by Gasteiger charge is 2.38. The van der Waals surface area contributed by atoms with Crippen molar-refractivity contribution in [1.82, 2.24) is 25.8 Å². The van der Waals surface area contributed by atoms with Gasteiger partial charge in [0, 0.05) is 43.1 Å². The number of halogens is 1. The monoisotopic (exact) mass is 873 g/mol. The van der Waals surface area contributed by atoms with Gasteiger partial charge in [0.15, 0.2) is 0 Å². The number of nitrogens with one attached hydrogen (secondary N) is 4. The summed E-state index contributed by atoms with van der Waals surface area (Å²) in [6.45, 7) is 23.2. The number of amides is 3. The van der Waals surface area contributed by atoms with Crippen LogP contribution in [0.5, 0.6) is 0 Å². The number of carboxylic acid groups (broad SMARTS) is 1. The zero-order chi connectivity index (χ0) is 45.4. The summed E-state index contributed by atoms with van der Waals surface area (Å²) in [5, 5.41) is 24.9. The molecule has 3 rings (SSSR count). The van der Waals surface area contributed by atoms with Crippen LogP contribution in [0.3, 0.4) is 0 Å². The number of carboxylic acids is 1. The molecule has 1 saturated heterocycles. The molecule has 1 aromatic carbocycles. The minimum Gasteiger partial charge on any atom is -0.481 e. The van der Waals surface area contributed by atoms with Gasteiger partial charge in [-0.15, -0.1) is 11.3 Å². The molecule has 344 valence electrons. The second-order valence-corrected chi connectivity index (χ2v) is 19.4.